The van der Waals surface area contributed by atoms with Gasteiger partial charge in [0, 0.05) is 6.26 Å². The van der Waals surface area contributed by atoms with Crippen LogP contribution < -0.4 is 0 Å². The number of hydrogen-bond acceptors (Lipinski definition) is 1. The predicted molar refractivity (Wildman–Crippen MR) is 48.2 cm³/mol. The van der Waals surface area contributed by atoms with E-state index < -0.39 is 10.8 Å². The maximum Gasteiger partial charge on any atom is 0.139 e. The van der Waals surface area contributed by atoms with Crippen LogP contribution in [0.1, 0.15) is 11.1 Å². The van der Waals surface area contributed by atoms with Gasteiger partial charge < -0.3 is 0 Å². The van der Waals surface area contributed by atoms with E-state index in [1.165, 1.54) is 12.3 Å². The second kappa shape index (κ2) is 3.35. The second-order valence-electron chi connectivity index (χ2n) is 2.82. The first kappa shape index (κ1) is 9.39. The molecule has 1 unspecified atom stereocenters. The molecule has 3 heteroatoms. The summed E-state index contributed by atoms with van der Waals surface area (Å²) in [6.07, 6.45) is 1.48. The van der Waals surface area contributed by atoms with E-state index in [-0.39, 0.29) is 10.7 Å². The Bertz CT molecular complexity index is 334. The number of rotatable bonds is 1. The molecule has 1 aromatic carbocycles. The fourth-order valence-corrected chi connectivity index (χ4v) is 1.65. The fraction of sp³-hybridized carbons (Fsp3) is 0.333. The summed E-state index contributed by atoms with van der Waals surface area (Å²) in [6.45, 7) is 3.71. The molecular weight excluding hydrogens is 175 g/mol. The van der Waals surface area contributed by atoms with Gasteiger partial charge in [0.15, 0.2) is 0 Å². The number of benzene rings is 1. The van der Waals surface area contributed by atoms with Gasteiger partial charge in [0.05, 0.1) is 15.7 Å². The molecule has 0 aliphatic heterocycles. The van der Waals surface area contributed by atoms with E-state index in [9.17, 15) is 8.60 Å². The molecule has 0 spiro atoms. The predicted octanol–water partition coefficient (Wildman–Crippen LogP) is 2.18. The van der Waals surface area contributed by atoms with Gasteiger partial charge in [0.1, 0.15) is 5.82 Å². The van der Waals surface area contributed by atoms with Gasteiger partial charge in [-0.1, -0.05) is 0 Å². The monoisotopic (exact) mass is 186 g/mol. The van der Waals surface area contributed by atoms with Crippen LogP contribution in [0.15, 0.2) is 17.0 Å². The molecule has 0 N–H and O–H groups in total. The third-order valence-corrected chi connectivity index (χ3v) is 2.79. The Hall–Kier alpha value is -0.700. The number of aryl methyl sites for hydroxylation is 2. The van der Waals surface area contributed by atoms with Crippen molar-refractivity contribution in [3.8, 4) is 0 Å². The highest BCUT2D eigenvalue weighted by molar-refractivity contribution is 7.84. The van der Waals surface area contributed by atoms with Gasteiger partial charge >= 0.3 is 0 Å². The zero-order valence-corrected chi connectivity index (χ0v) is 8.17. The minimum absolute atomic E-state index is 0.290. The van der Waals surface area contributed by atoms with Crippen molar-refractivity contribution in [1.82, 2.24) is 0 Å². The molecule has 0 heterocycles. The lowest BCUT2D eigenvalue weighted by Crippen LogP contribution is -1.95. The van der Waals surface area contributed by atoms with Crippen molar-refractivity contribution >= 4 is 10.8 Å². The van der Waals surface area contributed by atoms with Crippen LogP contribution in [0.3, 0.4) is 0 Å². The SMILES string of the molecule is Cc1cc(F)c(S(C)=O)cc1C. The fourth-order valence-electron chi connectivity index (χ4n) is 0.975. The summed E-state index contributed by atoms with van der Waals surface area (Å²) < 4.78 is 24.1. The normalized spacial score (nSPS) is 13.0. The van der Waals surface area contributed by atoms with Crippen LogP contribution in [0.5, 0.6) is 0 Å². The molecule has 0 bridgehead atoms. The molecule has 1 atom stereocenters. The Labute approximate surface area is 74.1 Å². The lowest BCUT2D eigenvalue weighted by molar-refractivity contribution is 0.594. The summed E-state index contributed by atoms with van der Waals surface area (Å²) in [5.74, 6) is -0.376. The topological polar surface area (TPSA) is 17.1 Å². The quantitative estimate of drug-likeness (QED) is 0.657. The van der Waals surface area contributed by atoms with Gasteiger partial charge in [-0.2, -0.15) is 0 Å². The molecule has 0 amide bonds. The van der Waals surface area contributed by atoms with E-state index in [1.807, 2.05) is 13.8 Å². The largest absolute Gasteiger partial charge is 0.255 e. The molecule has 66 valence electrons. The van der Waals surface area contributed by atoms with E-state index in [0.717, 1.165) is 11.1 Å². The summed E-state index contributed by atoms with van der Waals surface area (Å²) in [6, 6.07) is 3.06. The van der Waals surface area contributed by atoms with Crippen molar-refractivity contribution in [2.45, 2.75) is 18.7 Å². The molecule has 1 aromatic rings. The highest BCUT2D eigenvalue weighted by Gasteiger charge is 2.07. The zero-order valence-electron chi connectivity index (χ0n) is 7.35. The zero-order chi connectivity index (χ0) is 9.30. The molecule has 0 saturated carbocycles. The molecule has 1 rings (SSSR count). The van der Waals surface area contributed by atoms with Crippen molar-refractivity contribution < 1.29 is 8.60 Å². The van der Waals surface area contributed by atoms with Crippen molar-refractivity contribution in [2.24, 2.45) is 0 Å². The standard InChI is InChI=1S/C9H11FOS/c1-6-4-8(10)9(12(3)11)5-7(6)2/h4-5H,1-3H3. The van der Waals surface area contributed by atoms with Gasteiger partial charge in [0.2, 0.25) is 0 Å². The Morgan fingerprint density at radius 2 is 1.75 bits per heavy atom. The lowest BCUT2D eigenvalue weighted by Gasteiger charge is -2.03. The molecule has 0 aromatic heterocycles. The summed E-state index contributed by atoms with van der Waals surface area (Å²) >= 11 is 0. The van der Waals surface area contributed by atoms with Crippen LogP contribution in [0.25, 0.3) is 0 Å². The Kier molecular flexibility index (Phi) is 2.62. The van der Waals surface area contributed by atoms with Crippen molar-refractivity contribution in [1.29, 1.82) is 0 Å². The first-order valence-corrected chi connectivity index (χ1v) is 5.18. The average molecular weight is 186 g/mol. The first-order chi connectivity index (χ1) is 5.52. The second-order valence-corrected chi connectivity index (χ2v) is 4.17. The Morgan fingerprint density at radius 1 is 1.25 bits per heavy atom. The molecule has 0 aliphatic carbocycles. The van der Waals surface area contributed by atoms with Crippen LogP contribution in [0, 0.1) is 19.7 Å². The van der Waals surface area contributed by atoms with Crippen LogP contribution >= 0.6 is 0 Å². The average Bonchev–Trinajstić information content (AvgIpc) is 1.96. The maximum absolute atomic E-state index is 13.1. The molecule has 0 aliphatic rings. The van der Waals surface area contributed by atoms with Crippen molar-refractivity contribution in [2.75, 3.05) is 6.26 Å². The Balaban J connectivity index is 3.33. The van der Waals surface area contributed by atoms with Crippen LogP contribution in [-0.2, 0) is 10.8 Å². The van der Waals surface area contributed by atoms with E-state index in [0.29, 0.717) is 0 Å². The molecule has 0 fully saturated rings. The van der Waals surface area contributed by atoms with Gasteiger partial charge in [-0.25, -0.2) is 4.39 Å². The summed E-state index contributed by atoms with van der Waals surface area (Å²) in [4.78, 5) is 0.290. The first-order valence-electron chi connectivity index (χ1n) is 3.62. The van der Waals surface area contributed by atoms with Crippen molar-refractivity contribution in [3.05, 3.63) is 29.1 Å². The van der Waals surface area contributed by atoms with Crippen LogP contribution in [0.2, 0.25) is 0 Å². The Morgan fingerprint density at radius 3 is 2.25 bits per heavy atom. The third-order valence-electron chi connectivity index (χ3n) is 1.86. The molecule has 1 nitrogen and oxygen atoms in total. The summed E-state index contributed by atoms with van der Waals surface area (Å²) in [5, 5.41) is 0. The van der Waals surface area contributed by atoms with Crippen LogP contribution in [0.4, 0.5) is 4.39 Å². The smallest absolute Gasteiger partial charge is 0.139 e. The van der Waals surface area contributed by atoms with Gasteiger partial charge in [-0.05, 0) is 37.1 Å². The highest BCUT2D eigenvalue weighted by atomic mass is 32.2. The van der Waals surface area contributed by atoms with E-state index in [1.54, 1.807) is 6.07 Å². The maximum atomic E-state index is 13.1. The van der Waals surface area contributed by atoms with E-state index >= 15 is 0 Å². The molecule has 12 heavy (non-hydrogen) atoms. The number of halogens is 1. The third kappa shape index (κ3) is 1.72. The summed E-state index contributed by atoms with van der Waals surface area (Å²) in [7, 11) is -1.23. The number of hydrogen-bond donors (Lipinski definition) is 0. The van der Waals surface area contributed by atoms with Gasteiger partial charge in [-0.15, -0.1) is 0 Å². The highest BCUT2D eigenvalue weighted by Crippen LogP contribution is 2.16. The molecular formula is C9H11FOS. The summed E-state index contributed by atoms with van der Waals surface area (Å²) in [5.41, 5.74) is 1.86. The lowest BCUT2D eigenvalue weighted by atomic mass is 10.1. The minimum Gasteiger partial charge on any atom is -0.255 e. The molecule has 0 saturated heterocycles. The van der Waals surface area contributed by atoms with Gasteiger partial charge in [-0.3, -0.25) is 4.21 Å². The minimum atomic E-state index is -1.23. The van der Waals surface area contributed by atoms with E-state index in [4.69, 9.17) is 0 Å². The molecule has 0 radical (unpaired) electrons. The van der Waals surface area contributed by atoms with E-state index in [2.05, 4.69) is 0 Å². The van der Waals surface area contributed by atoms with Crippen LogP contribution in [-0.4, -0.2) is 10.5 Å². The van der Waals surface area contributed by atoms with Crippen molar-refractivity contribution in [3.63, 3.8) is 0 Å². The van der Waals surface area contributed by atoms with Gasteiger partial charge in [0.25, 0.3) is 0 Å².